The number of rotatable bonds is 7. The molecule has 0 fully saturated rings. The molecular weight excluding hydrogens is 340 g/mol. The topological polar surface area (TPSA) is 60.2 Å². The van der Waals surface area contributed by atoms with Crippen LogP contribution in [0.25, 0.3) is 0 Å². The van der Waals surface area contributed by atoms with Crippen molar-refractivity contribution in [2.24, 2.45) is 0 Å². The monoisotopic (exact) mass is 364 g/mol. The molecule has 1 amide bonds. The second kappa shape index (κ2) is 8.49. The maximum atomic E-state index is 12.6. The van der Waals surface area contributed by atoms with Crippen LogP contribution in [0.3, 0.4) is 0 Å². The Bertz CT molecular complexity index is 869. The van der Waals surface area contributed by atoms with Crippen LogP contribution in [-0.2, 0) is 6.54 Å². The molecule has 0 unspecified atom stereocenters. The lowest BCUT2D eigenvalue weighted by atomic mass is 10.1. The first-order valence-corrected chi connectivity index (χ1v) is 8.89. The summed E-state index contributed by atoms with van der Waals surface area (Å²) in [5.41, 5.74) is 4.06. The second-order valence-corrected chi connectivity index (χ2v) is 6.69. The predicted octanol–water partition coefficient (Wildman–Crippen LogP) is 3.09. The molecule has 2 aromatic carbocycles. The first kappa shape index (κ1) is 18.6. The average Bonchev–Trinajstić information content (AvgIpc) is 3.14. The molecule has 0 saturated heterocycles. The van der Waals surface area contributed by atoms with E-state index in [2.05, 4.69) is 16.1 Å². The number of ether oxygens (including phenoxy) is 1. The zero-order valence-corrected chi connectivity index (χ0v) is 15.9. The zero-order chi connectivity index (χ0) is 19.2. The molecule has 3 rings (SSSR count). The van der Waals surface area contributed by atoms with Crippen LogP contribution in [0.4, 0.5) is 0 Å². The van der Waals surface area contributed by atoms with Gasteiger partial charge in [-0.15, -0.1) is 0 Å². The van der Waals surface area contributed by atoms with Crippen molar-refractivity contribution in [3.8, 4) is 5.75 Å². The van der Waals surface area contributed by atoms with E-state index < -0.39 is 0 Å². The highest BCUT2D eigenvalue weighted by molar-refractivity contribution is 5.94. The fraction of sp³-hybridized carbons (Fsp3) is 0.286. The van der Waals surface area contributed by atoms with E-state index in [4.69, 9.17) is 4.74 Å². The number of hydrogen-bond donors (Lipinski definition) is 0. The van der Waals surface area contributed by atoms with E-state index in [0.717, 1.165) is 11.3 Å². The van der Waals surface area contributed by atoms with Crippen molar-refractivity contribution < 1.29 is 9.53 Å². The molecule has 0 N–H and O–H groups in total. The fourth-order valence-corrected chi connectivity index (χ4v) is 2.89. The molecule has 27 heavy (non-hydrogen) atoms. The summed E-state index contributed by atoms with van der Waals surface area (Å²) >= 11 is 0. The van der Waals surface area contributed by atoms with Crippen LogP contribution >= 0.6 is 0 Å². The molecule has 0 atom stereocenters. The van der Waals surface area contributed by atoms with E-state index >= 15 is 0 Å². The summed E-state index contributed by atoms with van der Waals surface area (Å²) in [6.45, 7) is 5.69. The Kier molecular flexibility index (Phi) is 5.86. The Morgan fingerprint density at radius 2 is 1.81 bits per heavy atom. The van der Waals surface area contributed by atoms with Crippen LogP contribution in [0.15, 0.2) is 55.1 Å². The van der Waals surface area contributed by atoms with E-state index in [1.165, 1.54) is 17.5 Å². The van der Waals surface area contributed by atoms with Crippen LogP contribution in [0.1, 0.15) is 27.0 Å². The first-order valence-electron chi connectivity index (χ1n) is 8.89. The molecule has 6 nitrogen and oxygen atoms in total. The summed E-state index contributed by atoms with van der Waals surface area (Å²) in [4.78, 5) is 18.2. The van der Waals surface area contributed by atoms with Crippen LogP contribution in [0.2, 0.25) is 0 Å². The third kappa shape index (κ3) is 5.17. The number of likely N-dealkylation sites (N-methyl/N-ethyl adjacent to an activating group) is 1. The summed E-state index contributed by atoms with van der Waals surface area (Å²) in [6.07, 6.45) is 3.18. The molecule has 6 heteroatoms. The summed E-state index contributed by atoms with van der Waals surface area (Å²) in [7, 11) is 1.79. The van der Waals surface area contributed by atoms with Gasteiger partial charge in [0.05, 0.1) is 13.1 Å². The normalized spacial score (nSPS) is 10.6. The number of nitrogens with zero attached hydrogens (tertiary/aromatic N) is 4. The Labute approximate surface area is 159 Å². The summed E-state index contributed by atoms with van der Waals surface area (Å²) in [5, 5.41) is 4.08. The van der Waals surface area contributed by atoms with Gasteiger partial charge < -0.3 is 9.64 Å². The Morgan fingerprint density at radius 3 is 2.44 bits per heavy atom. The van der Waals surface area contributed by atoms with Gasteiger partial charge in [-0.05, 0) is 54.8 Å². The van der Waals surface area contributed by atoms with Crippen LogP contribution in [0.5, 0.6) is 5.75 Å². The van der Waals surface area contributed by atoms with Crippen molar-refractivity contribution in [1.29, 1.82) is 0 Å². The van der Waals surface area contributed by atoms with Crippen molar-refractivity contribution in [3.63, 3.8) is 0 Å². The predicted molar refractivity (Wildman–Crippen MR) is 104 cm³/mol. The molecule has 0 radical (unpaired) electrons. The highest BCUT2D eigenvalue weighted by Gasteiger charge is 2.11. The van der Waals surface area contributed by atoms with Crippen molar-refractivity contribution in [2.45, 2.75) is 20.4 Å². The van der Waals surface area contributed by atoms with Crippen LogP contribution in [0, 0.1) is 13.8 Å². The maximum Gasteiger partial charge on any atom is 0.253 e. The number of aryl methyl sites for hydroxylation is 2. The highest BCUT2D eigenvalue weighted by Crippen LogP contribution is 2.16. The summed E-state index contributed by atoms with van der Waals surface area (Å²) in [6, 6.07) is 13.7. The smallest absolute Gasteiger partial charge is 0.253 e. The average molecular weight is 364 g/mol. The maximum absolute atomic E-state index is 12.6. The van der Waals surface area contributed by atoms with Crippen molar-refractivity contribution >= 4 is 5.91 Å². The van der Waals surface area contributed by atoms with Gasteiger partial charge in [0.1, 0.15) is 25.0 Å². The van der Waals surface area contributed by atoms with E-state index in [1.54, 1.807) is 23.0 Å². The summed E-state index contributed by atoms with van der Waals surface area (Å²) in [5.74, 6) is 0.817. The van der Waals surface area contributed by atoms with E-state index in [-0.39, 0.29) is 5.91 Å². The Morgan fingerprint density at radius 1 is 1.11 bits per heavy atom. The van der Waals surface area contributed by atoms with Gasteiger partial charge in [-0.1, -0.05) is 18.2 Å². The number of carbonyl (C=O) groups is 1. The number of benzene rings is 2. The van der Waals surface area contributed by atoms with E-state index in [9.17, 15) is 4.79 Å². The minimum Gasteiger partial charge on any atom is -0.492 e. The van der Waals surface area contributed by atoms with Crippen molar-refractivity contribution in [3.05, 3.63) is 77.4 Å². The molecule has 0 saturated carbocycles. The Balaban J connectivity index is 1.52. The molecule has 0 spiro atoms. The van der Waals surface area contributed by atoms with E-state index in [0.29, 0.717) is 25.3 Å². The lowest BCUT2D eigenvalue weighted by Crippen LogP contribution is -2.30. The second-order valence-electron chi connectivity index (χ2n) is 6.69. The Hall–Kier alpha value is -3.15. The zero-order valence-electron chi connectivity index (χ0n) is 15.9. The third-order valence-electron chi connectivity index (χ3n) is 4.25. The molecule has 0 bridgehead atoms. The quantitative estimate of drug-likeness (QED) is 0.646. The van der Waals surface area contributed by atoms with Gasteiger partial charge in [-0.2, -0.15) is 5.10 Å². The SMILES string of the molecule is Cc1cc(C)cc(OCCN(C)C(=O)c2ccc(Cn3cncn3)cc2)c1. The highest BCUT2D eigenvalue weighted by atomic mass is 16.5. The number of carbonyl (C=O) groups excluding carboxylic acids is 1. The van der Waals surface area contributed by atoms with Crippen LogP contribution in [-0.4, -0.2) is 45.8 Å². The van der Waals surface area contributed by atoms with Gasteiger partial charge in [0.15, 0.2) is 0 Å². The molecule has 0 aliphatic rings. The van der Waals surface area contributed by atoms with Gasteiger partial charge in [-0.3, -0.25) is 4.79 Å². The van der Waals surface area contributed by atoms with E-state index in [1.807, 2.05) is 50.2 Å². The van der Waals surface area contributed by atoms with Gasteiger partial charge in [0.2, 0.25) is 0 Å². The first-order chi connectivity index (χ1) is 13.0. The minimum absolute atomic E-state index is 0.0219. The molecule has 1 heterocycles. The molecule has 1 aromatic heterocycles. The van der Waals surface area contributed by atoms with Gasteiger partial charge >= 0.3 is 0 Å². The molecular formula is C21H24N4O2. The minimum atomic E-state index is -0.0219. The van der Waals surface area contributed by atoms with Gasteiger partial charge in [0, 0.05) is 12.6 Å². The standard InChI is InChI=1S/C21H24N4O2/c1-16-10-17(2)12-20(11-16)27-9-8-24(3)21(26)19-6-4-18(5-7-19)13-25-15-22-14-23-25/h4-7,10-12,14-15H,8-9,13H2,1-3H3. The fourth-order valence-electron chi connectivity index (χ4n) is 2.89. The molecule has 3 aromatic rings. The molecule has 140 valence electrons. The summed E-state index contributed by atoms with van der Waals surface area (Å²) < 4.78 is 7.54. The lowest BCUT2D eigenvalue weighted by Gasteiger charge is -2.18. The number of amides is 1. The largest absolute Gasteiger partial charge is 0.492 e. The van der Waals surface area contributed by atoms with Crippen molar-refractivity contribution in [2.75, 3.05) is 20.2 Å². The van der Waals surface area contributed by atoms with Crippen LogP contribution < -0.4 is 4.74 Å². The van der Waals surface area contributed by atoms with Gasteiger partial charge in [-0.25, -0.2) is 9.67 Å². The number of aromatic nitrogens is 3. The molecule has 0 aliphatic carbocycles. The number of hydrogen-bond acceptors (Lipinski definition) is 4. The van der Waals surface area contributed by atoms with Crippen molar-refractivity contribution in [1.82, 2.24) is 19.7 Å². The molecule has 0 aliphatic heterocycles. The third-order valence-corrected chi connectivity index (χ3v) is 4.25. The van der Waals surface area contributed by atoms with Gasteiger partial charge in [0.25, 0.3) is 5.91 Å². The lowest BCUT2D eigenvalue weighted by molar-refractivity contribution is 0.0773.